The van der Waals surface area contributed by atoms with Gasteiger partial charge in [0.1, 0.15) is 0 Å². The van der Waals surface area contributed by atoms with Crippen molar-refractivity contribution in [1.29, 1.82) is 0 Å². The molecule has 1 saturated carbocycles. The predicted molar refractivity (Wildman–Crippen MR) is 112 cm³/mol. The van der Waals surface area contributed by atoms with Crippen molar-refractivity contribution >= 4 is 5.78 Å². The molecule has 2 rings (SSSR count). The highest BCUT2D eigenvalue weighted by molar-refractivity contribution is 6.03. The lowest BCUT2D eigenvalue weighted by Crippen LogP contribution is -2.36. The average Bonchev–Trinajstić information content (AvgIpc) is 2.69. The molecule has 2 nitrogen and oxygen atoms in total. The van der Waals surface area contributed by atoms with Crippen molar-refractivity contribution in [3.8, 4) is 11.8 Å². The Morgan fingerprint density at radius 1 is 1.26 bits per heavy atom. The van der Waals surface area contributed by atoms with Crippen LogP contribution in [0, 0.1) is 17.3 Å². The normalized spacial score (nSPS) is 23.3. The molecule has 0 atom stereocenters. The molecule has 2 heteroatoms. The minimum absolute atomic E-state index is 0.172. The molecule has 0 N–H and O–H groups in total. The second-order valence-electron chi connectivity index (χ2n) is 7.52. The predicted octanol–water partition coefficient (Wildman–Crippen LogP) is 5.65. The molecule has 27 heavy (non-hydrogen) atoms. The van der Waals surface area contributed by atoms with Crippen molar-refractivity contribution in [2.75, 3.05) is 7.11 Å². The Hall–Kier alpha value is -2.37. The van der Waals surface area contributed by atoms with Gasteiger partial charge >= 0.3 is 0 Å². The molecule has 0 spiro atoms. The molecule has 1 fully saturated rings. The number of ketones is 1. The largest absolute Gasteiger partial charge is 0.381 e. The van der Waals surface area contributed by atoms with Crippen LogP contribution in [0.2, 0.25) is 0 Å². The van der Waals surface area contributed by atoms with Crippen molar-refractivity contribution in [1.82, 2.24) is 0 Å². The maximum absolute atomic E-state index is 13.3. The van der Waals surface area contributed by atoms with E-state index in [1.165, 1.54) is 0 Å². The number of carbonyl (C=O) groups excluding carboxylic acids is 1. The number of benzene rings is 1. The van der Waals surface area contributed by atoms with Gasteiger partial charge in [-0.2, -0.15) is 0 Å². The number of carbonyl (C=O) groups is 1. The Kier molecular flexibility index (Phi) is 7.39. The van der Waals surface area contributed by atoms with Crippen molar-refractivity contribution in [2.45, 2.75) is 52.6 Å². The van der Waals surface area contributed by atoms with Crippen LogP contribution >= 0.6 is 0 Å². The van der Waals surface area contributed by atoms with E-state index in [1.54, 1.807) is 7.11 Å². The quantitative estimate of drug-likeness (QED) is 0.384. The highest BCUT2D eigenvalue weighted by atomic mass is 16.5. The molecule has 1 aromatic rings. The van der Waals surface area contributed by atoms with Crippen LogP contribution in [-0.2, 0) is 9.53 Å². The Morgan fingerprint density at radius 3 is 2.41 bits per heavy atom. The van der Waals surface area contributed by atoms with E-state index in [4.69, 9.17) is 4.74 Å². The molecular formula is C25H30O2. The maximum atomic E-state index is 13.3. The van der Waals surface area contributed by atoms with E-state index in [9.17, 15) is 4.79 Å². The number of methoxy groups -OCH3 is 1. The standard InChI is InChI=1S/C25H30O2/c1-6-20(12-13-21-10-8-7-9-11-21)18-23(19(2)3)24(26)25(4)16-14-22(27-5)15-17-25/h6-11,18,22H,2,14-17H2,1,3-5H3/b20-6-,23-18+. The summed E-state index contributed by atoms with van der Waals surface area (Å²) in [6.45, 7) is 9.96. The molecule has 1 aromatic carbocycles. The molecular weight excluding hydrogens is 332 g/mol. The van der Waals surface area contributed by atoms with Gasteiger partial charge < -0.3 is 4.74 Å². The first-order valence-corrected chi connectivity index (χ1v) is 9.58. The molecule has 0 aromatic heterocycles. The monoisotopic (exact) mass is 362 g/mol. The fourth-order valence-corrected chi connectivity index (χ4v) is 3.41. The lowest BCUT2D eigenvalue weighted by atomic mass is 9.69. The van der Waals surface area contributed by atoms with E-state index in [-0.39, 0.29) is 17.3 Å². The van der Waals surface area contributed by atoms with Crippen LogP contribution in [0.15, 0.2) is 65.8 Å². The second kappa shape index (κ2) is 9.53. The Morgan fingerprint density at radius 2 is 1.89 bits per heavy atom. The smallest absolute Gasteiger partial charge is 0.169 e. The van der Waals surface area contributed by atoms with Gasteiger partial charge in [-0.3, -0.25) is 4.79 Å². The summed E-state index contributed by atoms with van der Waals surface area (Å²) in [4.78, 5) is 13.3. The first-order valence-electron chi connectivity index (χ1n) is 9.58. The van der Waals surface area contributed by atoms with Gasteiger partial charge in [0.25, 0.3) is 0 Å². The van der Waals surface area contributed by atoms with Gasteiger partial charge in [0.15, 0.2) is 5.78 Å². The van der Waals surface area contributed by atoms with Crippen LogP contribution in [0.1, 0.15) is 52.0 Å². The summed E-state index contributed by atoms with van der Waals surface area (Å²) in [5.74, 6) is 6.51. The second-order valence-corrected chi connectivity index (χ2v) is 7.52. The summed E-state index contributed by atoms with van der Waals surface area (Å²) in [5, 5.41) is 0. The number of hydrogen-bond donors (Lipinski definition) is 0. The Labute approximate surface area is 164 Å². The van der Waals surface area contributed by atoms with E-state index in [0.29, 0.717) is 5.57 Å². The number of allylic oxidation sites excluding steroid dienone is 5. The van der Waals surface area contributed by atoms with Gasteiger partial charge in [-0.15, -0.1) is 0 Å². The van der Waals surface area contributed by atoms with Crippen LogP contribution < -0.4 is 0 Å². The van der Waals surface area contributed by atoms with E-state index in [0.717, 1.165) is 42.4 Å². The summed E-state index contributed by atoms with van der Waals surface area (Å²) < 4.78 is 5.46. The molecule has 0 unspecified atom stereocenters. The minimum Gasteiger partial charge on any atom is -0.381 e. The van der Waals surface area contributed by atoms with Gasteiger partial charge in [0.05, 0.1) is 6.10 Å². The first kappa shape index (κ1) is 20.9. The Balaban J connectivity index is 2.26. The third-order valence-electron chi connectivity index (χ3n) is 5.36. The van der Waals surface area contributed by atoms with E-state index >= 15 is 0 Å². The van der Waals surface area contributed by atoms with Gasteiger partial charge in [-0.1, -0.05) is 49.6 Å². The SMILES string of the molecule is C=C(C)/C(=C\C(C#Cc1ccccc1)=C/C)C(=O)C1(C)CCC(OC)CC1. The molecule has 142 valence electrons. The lowest BCUT2D eigenvalue weighted by molar-refractivity contribution is -0.126. The van der Waals surface area contributed by atoms with Crippen LogP contribution in [0.4, 0.5) is 0 Å². The van der Waals surface area contributed by atoms with Crippen LogP contribution in [0.3, 0.4) is 0 Å². The third-order valence-corrected chi connectivity index (χ3v) is 5.36. The van der Waals surface area contributed by atoms with E-state index in [2.05, 4.69) is 25.3 Å². The number of ether oxygens (including phenoxy) is 1. The van der Waals surface area contributed by atoms with Crippen LogP contribution in [0.5, 0.6) is 0 Å². The number of Topliss-reactive ketones (excluding diaryl/α,β-unsaturated/α-hetero) is 1. The first-order chi connectivity index (χ1) is 12.9. The molecule has 0 amide bonds. The van der Waals surface area contributed by atoms with Crippen molar-refractivity contribution in [3.05, 3.63) is 71.3 Å². The van der Waals surface area contributed by atoms with Gasteiger partial charge in [-0.05, 0) is 63.3 Å². The summed E-state index contributed by atoms with van der Waals surface area (Å²) >= 11 is 0. The molecule has 1 aliphatic rings. The van der Waals surface area contributed by atoms with Gasteiger partial charge in [0, 0.05) is 29.2 Å². The third kappa shape index (κ3) is 5.55. The van der Waals surface area contributed by atoms with Crippen molar-refractivity contribution in [3.63, 3.8) is 0 Å². The van der Waals surface area contributed by atoms with Crippen molar-refractivity contribution < 1.29 is 9.53 Å². The maximum Gasteiger partial charge on any atom is 0.169 e. The van der Waals surface area contributed by atoms with Crippen LogP contribution in [0.25, 0.3) is 0 Å². The van der Waals surface area contributed by atoms with E-state index in [1.807, 2.05) is 56.3 Å². The van der Waals surface area contributed by atoms with E-state index < -0.39 is 0 Å². The zero-order chi connectivity index (χ0) is 19.9. The number of hydrogen-bond acceptors (Lipinski definition) is 2. The fourth-order valence-electron chi connectivity index (χ4n) is 3.41. The Bertz CT molecular complexity index is 792. The highest BCUT2D eigenvalue weighted by Gasteiger charge is 2.38. The molecule has 0 saturated heterocycles. The highest BCUT2D eigenvalue weighted by Crippen LogP contribution is 2.40. The van der Waals surface area contributed by atoms with Crippen molar-refractivity contribution in [2.24, 2.45) is 5.41 Å². The number of rotatable bonds is 5. The lowest BCUT2D eigenvalue weighted by Gasteiger charge is -2.36. The molecule has 0 aliphatic heterocycles. The molecule has 0 heterocycles. The summed E-state index contributed by atoms with van der Waals surface area (Å²) in [6.07, 6.45) is 7.64. The summed E-state index contributed by atoms with van der Waals surface area (Å²) in [5.41, 5.74) is 2.91. The zero-order valence-corrected chi connectivity index (χ0v) is 17.0. The molecule has 0 bridgehead atoms. The molecule has 1 aliphatic carbocycles. The van der Waals surface area contributed by atoms with Crippen LogP contribution in [-0.4, -0.2) is 19.0 Å². The fraction of sp³-hybridized carbons (Fsp3) is 0.400. The average molecular weight is 363 g/mol. The van der Waals surface area contributed by atoms with Gasteiger partial charge in [-0.25, -0.2) is 0 Å². The summed E-state index contributed by atoms with van der Waals surface area (Å²) in [6, 6.07) is 9.86. The topological polar surface area (TPSA) is 26.3 Å². The molecule has 0 radical (unpaired) electrons. The summed E-state index contributed by atoms with van der Waals surface area (Å²) in [7, 11) is 1.75. The minimum atomic E-state index is -0.356. The van der Waals surface area contributed by atoms with Gasteiger partial charge in [0.2, 0.25) is 0 Å². The zero-order valence-electron chi connectivity index (χ0n) is 17.0.